The molecule has 4 rings (SSSR count). The normalized spacial score (nSPS) is 43.9. The number of carbonyl (C=O) groups excluding carboxylic acids is 1. The molecule has 0 heterocycles. The van der Waals surface area contributed by atoms with Gasteiger partial charge in [-0.25, -0.2) is 4.79 Å². The van der Waals surface area contributed by atoms with E-state index in [0.717, 1.165) is 48.6 Å². The summed E-state index contributed by atoms with van der Waals surface area (Å²) >= 11 is 0. The van der Waals surface area contributed by atoms with Crippen LogP contribution in [0, 0.1) is 40.4 Å². The second-order valence-electron chi connectivity index (χ2n) is 11.7. The minimum Gasteiger partial charge on any atom is -0.466 e. The molecule has 0 aromatic carbocycles. The molecular weight excluding hydrogens is 358 g/mol. The van der Waals surface area contributed by atoms with Crippen molar-refractivity contribution in [2.45, 2.75) is 91.5 Å². The SMILES string of the molecule is COC(=O)C1=CCC2CC[C@@H]3[C@@H](C(NCCC(C)C)C[C@]4(C)CCC[C@@H]34)[C@@]2(C)C1. The lowest BCUT2D eigenvalue weighted by Gasteiger charge is -2.62. The van der Waals surface area contributed by atoms with Gasteiger partial charge in [-0.2, -0.15) is 0 Å². The molecule has 3 heteroatoms. The number of methoxy groups -OCH3 is 1. The van der Waals surface area contributed by atoms with Gasteiger partial charge in [0.1, 0.15) is 0 Å². The first-order chi connectivity index (χ1) is 13.8. The van der Waals surface area contributed by atoms with Gasteiger partial charge in [0, 0.05) is 11.6 Å². The number of esters is 1. The third-order valence-electron chi connectivity index (χ3n) is 9.59. The Labute approximate surface area is 178 Å². The Morgan fingerprint density at radius 1 is 1.28 bits per heavy atom. The lowest BCUT2D eigenvalue weighted by molar-refractivity contribution is -0.139. The lowest BCUT2D eigenvalue weighted by Crippen LogP contribution is -2.61. The van der Waals surface area contributed by atoms with Gasteiger partial charge >= 0.3 is 5.97 Å². The molecule has 3 nitrogen and oxygen atoms in total. The van der Waals surface area contributed by atoms with E-state index in [2.05, 4.69) is 39.1 Å². The fraction of sp³-hybridized carbons (Fsp3) is 0.885. The molecule has 0 aliphatic heterocycles. The van der Waals surface area contributed by atoms with Crippen LogP contribution in [0.25, 0.3) is 0 Å². The number of hydrogen-bond acceptors (Lipinski definition) is 3. The summed E-state index contributed by atoms with van der Waals surface area (Å²) in [7, 11) is 1.53. The molecule has 0 aromatic rings. The molecule has 0 aromatic heterocycles. The zero-order valence-electron chi connectivity index (χ0n) is 19.4. The van der Waals surface area contributed by atoms with E-state index < -0.39 is 0 Å². The minimum atomic E-state index is -0.0994. The molecule has 164 valence electrons. The summed E-state index contributed by atoms with van der Waals surface area (Å²) in [4.78, 5) is 12.4. The van der Waals surface area contributed by atoms with E-state index in [0.29, 0.717) is 17.4 Å². The fourth-order valence-electron chi connectivity index (χ4n) is 8.21. The van der Waals surface area contributed by atoms with Gasteiger partial charge in [-0.1, -0.05) is 40.2 Å². The predicted octanol–water partition coefficient (Wildman–Crippen LogP) is 5.74. The van der Waals surface area contributed by atoms with Crippen molar-refractivity contribution in [1.82, 2.24) is 5.32 Å². The number of hydrogen-bond donors (Lipinski definition) is 1. The van der Waals surface area contributed by atoms with Crippen LogP contribution in [0.1, 0.15) is 85.5 Å². The highest BCUT2D eigenvalue weighted by molar-refractivity contribution is 5.88. The Hall–Kier alpha value is -0.830. The molecule has 3 saturated carbocycles. The molecule has 2 unspecified atom stereocenters. The van der Waals surface area contributed by atoms with E-state index in [4.69, 9.17) is 4.74 Å². The Balaban J connectivity index is 1.64. The van der Waals surface area contributed by atoms with Gasteiger partial charge in [-0.3, -0.25) is 0 Å². The molecule has 0 spiro atoms. The molecule has 1 N–H and O–H groups in total. The number of rotatable bonds is 5. The largest absolute Gasteiger partial charge is 0.466 e. The average molecular weight is 402 g/mol. The zero-order valence-corrected chi connectivity index (χ0v) is 19.4. The zero-order chi connectivity index (χ0) is 20.8. The second-order valence-corrected chi connectivity index (χ2v) is 11.7. The maximum absolute atomic E-state index is 12.4. The monoisotopic (exact) mass is 401 g/mol. The molecule has 0 saturated heterocycles. The van der Waals surface area contributed by atoms with E-state index in [-0.39, 0.29) is 11.4 Å². The molecule has 0 bridgehead atoms. The average Bonchev–Trinajstić information content (AvgIpc) is 3.07. The van der Waals surface area contributed by atoms with Crippen LogP contribution < -0.4 is 5.32 Å². The fourth-order valence-corrected chi connectivity index (χ4v) is 8.21. The highest BCUT2D eigenvalue weighted by Gasteiger charge is 2.60. The number of ether oxygens (including phenoxy) is 1. The van der Waals surface area contributed by atoms with Crippen LogP contribution in [-0.2, 0) is 9.53 Å². The number of fused-ring (bicyclic) bond motifs is 5. The van der Waals surface area contributed by atoms with Crippen molar-refractivity contribution < 1.29 is 9.53 Å². The minimum absolute atomic E-state index is 0.0994. The number of allylic oxidation sites excluding steroid dienone is 1. The van der Waals surface area contributed by atoms with Crippen LogP contribution in [0.15, 0.2) is 11.6 Å². The predicted molar refractivity (Wildman–Crippen MR) is 118 cm³/mol. The van der Waals surface area contributed by atoms with Gasteiger partial charge in [-0.15, -0.1) is 0 Å². The maximum Gasteiger partial charge on any atom is 0.333 e. The Morgan fingerprint density at radius 2 is 2.07 bits per heavy atom. The topological polar surface area (TPSA) is 38.3 Å². The van der Waals surface area contributed by atoms with E-state index in [1.54, 1.807) is 0 Å². The summed E-state index contributed by atoms with van der Waals surface area (Å²) in [6, 6.07) is 0.600. The first-order valence-electron chi connectivity index (χ1n) is 12.3. The molecule has 3 fully saturated rings. The molecule has 7 atom stereocenters. The van der Waals surface area contributed by atoms with Gasteiger partial charge in [0.25, 0.3) is 0 Å². The quantitative estimate of drug-likeness (QED) is 0.597. The Kier molecular flexibility index (Phi) is 5.92. The van der Waals surface area contributed by atoms with E-state index in [1.807, 2.05) is 0 Å². The van der Waals surface area contributed by atoms with Crippen LogP contribution in [0.3, 0.4) is 0 Å². The molecule has 4 aliphatic carbocycles. The molecule has 0 radical (unpaired) electrons. The highest BCUT2D eigenvalue weighted by atomic mass is 16.5. The summed E-state index contributed by atoms with van der Waals surface area (Å²) in [5, 5.41) is 4.07. The first-order valence-corrected chi connectivity index (χ1v) is 12.3. The summed E-state index contributed by atoms with van der Waals surface area (Å²) in [6.45, 7) is 10.9. The summed E-state index contributed by atoms with van der Waals surface area (Å²) in [6.07, 6.45) is 13.7. The van der Waals surface area contributed by atoms with Crippen molar-refractivity contribution in [3.05, 3.63) is 11.6 Å². The molecule has 4 aliphatic rings. The van der Waals surface area contributed by atoms with Gasteiger partial charge in [0.15, 0.2) is 0 Å². The highest BCUT2D eigenvalue weighted by Crippen LogP contribution is 2.66. The third kappa shape index (κ3) is 3.70. The summed E-state index contributed by atoms with van der Waals surface area (Å²) in [5.74, 6) is 3.77. The number of carbonyl (C=O) groups is 1. The lowest BCUT2D eigenvalue weighted by atomic mass is 9.44. The summed E-state index contributed by atoms with van der Waals surface area (Å²) in [5.41, 5.74) is 1.68. The van der Waals surface area contributed by atoms with Crippen molar-refractivity contribution in [2.75, 3.05) is 13.7 Å². The van der Waals surface area contributed by atoms with Crippen LogP contribution >= 0.6 is 0 Å². The second kappa shape index (κ2) is 8.02. The van der Waals surface area contributed by atoms with Crippen LogP contribution in [-0.4, -0.2) is 25.7 Å². The van der Waals surface area contributed by atoms with Gasteiger partial charge in [0.2, 0.25) is 0 Å². The Bertz CT molecular complexity index is 655. The smallest absolute Gasteiger partial charge is 0.333 e. The van der Waals surface area contributed by atoms with Gasteiger partial charge in [0.05, 0.1) is 7.11 Å². The number of nitrogens with one attached hydrogen (secondary N) is 1. The van der Waals surface area contributed by atoms with Gasteiger partial charge in [-0.05, 0) is 98.3 Å². The van der Waals surface area contributed by atoms with Crippen molar-refractivity contribution >= 4 is 5.97 Å². The molecule has 29 heavy (non-hydrogen) atoms. The third-order valence-corrected chi connectivity index (χ3v) is 9.59. The van der Waals surface area contributed by atoms with Crippen molar-refractivity contribution in [2.24, 2.45) is 40.4 Å². The Morgan fingerprint density at radius 3 is 2.79 bits per heavy atom. The first kappa shape index (κ1) is 21.4. The standard InChI is InChI=1S/C26H43NO2/c1-17(2)12-14-27-22-16-25(3)13-6-7-21(25)20-11-10-19-9-8-18(24(28)29-5)15-26(19,4)23(20)22/h8,17,19-23,27H,6-7,9-16H2,1-5H3/t19?,20-,21-,22?,23-,25-,26-/m0/s1. The van der Waals surface area contributed by atoms with Crippen molar-refractivity contribution in [1.29, 1.82) is 0 Å². The van der Waals surface area contributed by atoms with Crippen LogP contribution in [0.2, 0.25) is 0 Å². The van der Waals surface area contributed by atoms with E-state index >= 15 is 0 Å². The van der Waals surface area contributed by atoms with E-state index in [9.17, 15) is 4.79 Å². The van der Waals surface area contributed by atoms with Crippen LogP contribution in [0.4, 0.5) is 0 Å². The van der Waals surface area contributed by atoms with Gasteiger partial charge < -0.3 is 10.1 Å². The maximum atomic E-state index is 12.4. The summed E-state index contributed by atoms with van der Waals surface area (Å²) < 4.78 is 5.13. The van der Waals surface area contributed by atoms with E-state index in [1.165, 1.54) is 52.1 Å². The van der Waals surface area contributed by atoms with Crippen LogP contribution in [0.5, 0.6) is 0 Å². The molecule has 0 amide bonds. The van der Waals surface area contributed by atoms with Crippen molar-refractivity contribution in [3.63, 3.8) is 0 Å². The van der Waals surface area contributed by atoms with Crippen molar-refractivity contribution in [3.8, 4) is 0 Å². The molecular formula is C26H43NO2.